The van der Waals surface area contributed by atoms with Crippen molar-refractivity contribution in [3.05, 3.63) is 88.7 Å². The maximum Gasteiger partial charge on any atom is 0.417 e. The number of anilines is 1. The SMILES string of the molecule is COCc1nc2ccc(NC(=O)c3ccccc3C(F)(F)F)cc2n1-c1cccc2c1CCCC2. The molecule has 1 amide bonds. The standard InChI is InChI=1S/C27H24F3N3O2/c1-35-16-25-32-22-14-13-18(31-26(34)20-10-4-5-11-21(20)27(28,29)30)15-24(22)33(25)23-12-6-8-17-7-2-3-9-19(17)23/h4-6,8,10-15H,2-3,7,9,16H2,1H3,(H,31,34). The van der Waals surface area contributed by atoms with Crippen LogP contribution in [0, 0.1) is 0 Å². The number of aryl methyl sites for hydroxylation is 1. The van der Waals surface area contributed by atoms with E-state index in [4.69, 9.17) is 9.72 Å². The molecule has 0 saturated carbocycles. The van der Waals surface area contributed by atoms with Crippen molar-refractivity contribution in [2.45, 2.75) is 38.5 Å². The summed E-state index contributed by atoms with van der Waals surface area (Å²) in [6.45, 7) is 0.291. The van der Waals surface area contributed by atoms with Gasteiger partial charge < -0.3 is 10.1 Å². The third-order valence-corrected chi connectivity index (χ3v) is 6.34. The first-order chi connectivity index (χ1) is 16.9. The van der Waals surface area contributed by atoms with Gasteiger partial charge in [-0.15, -0.1) is 0 Å². The van der Waals surface area contributed by atoms with Gasteiger partial charge in [0.2, 0.25) is 0 Å². The van der Waals surface area contributed by atoms with Gasteiger partial charge in [-0.3, -0.25) is 9.36 Å². The average Bonchev–Trinajstić information content (AvgIpc) is 3.20. The Bertz CT molecular complexity index is 1410. The van der Waals surface area contributed by atoms with Crippen molar-refractivity contribution in [3.8, 4) is 5.69 Å². The fourth-order valence-electron chi connectivity index (χ4n) is 4.80. The van der Waals surface area contributed by atoms with Crippen molar-refractivity contribution in [1.82, 2.24) is 9.55 Å². The van der Waals surface area contributed by atoms with E-state index in [9.17, 15) is 18.0 Å². The Morgan fingerprint density at radius 1 is 1.06 bits per heavy atom. The minimum atomic E-state index is -4.63. The van der Waals surface area contributed by atoms with Gasteiger partial charge in [0.15, 0.2) is 0 Å². The monoisotopic (exact) mass is 479 g/mol. The van der Waals surface area contributed by atoms with E-state index in [0.29, 0.717) is 23.6 Å². The molecular weight excluding hydrogens is 455 g/mol. The first-order valence-electron chi connectivity index (χ1n) is 11.5. The van der Waals surface area contributed by atoms with Crippen LogP contribution in [0.3, 0.4) is 0 Å². The molecule has 35 heavy (non-hydrogen) atoms. The van der Waals surface area contributed by atoms with Gasteiger partial charge in [-0.25, -0.2) is 4.98 Å². The predicted octanol–water partition coefficient (Wildman–Crippen LogP) is 6.32. The number of carbonyl (C=O) groups excluding carboxylic acids is 1. The number of methoxy groups -OCH3 is 1. The minimum absolute atomic E-state index is 0.291. The number of benzene rings is 3. The number of carbonyl (C=O) groups is 1. The Balaban J connectivity index is 1.58. The second-order valence-corrected chi connectivity index (χ2v) is 8.62. The van der Waals surface area contributed by atoms with E-state index in [0.717, 1.165) is 43.0 Å². The van der Waals surface area contributed by atoms with E-state index in [2.05, 4.69) is 17.4 Å². The normalized spacial score (nSPS) is 13.6. The third kappa shape index (κ3) is 4.41. The predicted molar refractivity (Wildman–Crippen MR) is 128 cm³/mol. The highest BCUT2D eigenvalue weighted by Gasteiger charge is 2.34. The van der Waals surface area contributed by atoms with E-state index in [1.54, 1.807) is 25.3 Å². The van der Waals surface area contributed by atoms with Crippen LogP contribution in [-0.2, 0) is 30.4 Å². The van der Waals surface area contributed by atoms with E-state index in [1.165, 1.54) is 29.3 Å². The summed E-state index contributed by atoms with van der Waals surface area (Å²) in [7, 11) is 1.61. The molecule has 0 bridgehead atoms. The maximum absolute atomic E-state index is 13.4. The summed E-state index contributed by atoms with van der Waals surface area (Å²) in [5, 5.41) is 2.63. The second-order valence-electron chi connectivity index (χ2n) is 8.62. The minimum Gasteiger partial charge on any atom is -0.377 e. The zero-order valence-electron chi connectivity index (χ0n) is 19.2. The molecule has 3 aromatic carbocycles. The highest BCUT2D eigenvalue weighted by atomic mass is 19.4. The molecule has 1 N–H and O–H groups in total. The summed E-state index contributed by atoms with van der Waals surface area (Å²) in [4.78, 5) is 17.5. The van der Waals surface area contributed by atoms with Crippen LogP contribution >= 0.6 is 0 Å². The molecule has 0 unspecified atom stereocenters. The number of ether oxygens (including phenoxy) is 1. The molecule has 4 aromatic rings. The van der Waals surface area contributed by atoms with E-state index in [1.807, 2.05) is 10.6 Å². The van der Waals surface area contributed by atoms with Crippen LogP contribution in [0.15, 0.2) is 60.7 Å². The van der Waals surface area contributed by atoms with Crippen molar-refractivity contribution < 1.29 is 22.7 Å². The fraction of sp³-hybridized carbons (Fsp3) is 0.259. The molecule has 8 heteroatoms. The molecule has 180 valence electrons. The number of aromatic nitrogens is 2. The molecule has 1 aromatic heterocycles. The number of hydrogen-bond acceptors (Lipinski definition) is 3. The van der Waals surface area contributed by atoms with Crippen LogP contribution in [0.4, 0.5) is 18.9 Å². The van der Waals surface area contributed by atoms with E-state index in [-0.39, 0.29) is 0 Å². The van der Waals surface area contributed by atoms with Crippen molar-refractivity contribution in [3.63, 3.8) is 0 Å². The number of hydrogen-bond donors (Lipinski definition) is 1. The molecule has 1 aliphatic carbocycles. The summed E-state index contributed by atoms with van der Waals surface area (Å²) in [5.41, 5.74) is 4.04. The number of nitrogens with one attached hydrogen (secondary N) is 1. The number of amides is 1. The number of fused-ring (bicyclic) bond motifs is 2. The third-order valence-electron chi connectivity index (χ3n) is 6.34. The summed E-state index contributed by atoms with van der Waals surface area (Å²) < 4.78 is 47.7. The zero-order chi connectivity index (χ0) is 24.6. The highest BCUT2D eigenvalue weighted by molar-refractivity contribution is 6.06. The molecule has 1 heterocycles. The van der Waals surface area contributed by atoms with Crippen molar-refractivity contribution >= 4 is 22.6 Å². The quantitative estimate of drug-likeness (QED) is 0.364. The Morgan fingerprint density at radius 3 is 2.66 bits per heavy atom. The number of alkyl halides is 3. The molecule has 0 aliphatic heterocycles. The van der Waals surface area contributed by atoms with Crippen molar-refractivity contribution in [1.29, 1.82) is 0 Å². The van der Waals surface area contributed by atoms with Crippen molar-refractivity contribution in [2.24, 2.45) is 0 Å². The van der Waals surface area contributed by atoms with Gasteiger partial charge in [0.05, 0.1) is 27.8 Å². The van der Waals surface area contributed by atoms with Crippen LogP contribution in [0.5, 0.6) is 0 Å². The molecule has 0 saturated heterocycles. The van der Waals surface area contributed by atoms with Gasteiger partial charge >= 0.3 is 6.18 Å². The summed E-state index contributed by atoms with van der Waals surface area (Å²) >= 11 is 0. The topological polar surface area (TPSA) is 56.1 Å². The van der Waals surface area contributed by atoms with Crippen LogP contribution < -0.4 is 5.32 Å². The molecular formula is C27H24F3N3O2. The van der Waals surface area contributed by atoms with Gasteiger partial charge in [0, 0.05) is 12.8 Å². The molecule has 0 radical (unpaired) electrons. The van der Waals surface area contributed by atoms with Crippen molar-refractivity contribution in [2.75, 3.05) is 12.4 Å². The summed E-state index contributed by atoms with van der Waals surface area (Å²) in [6.07, 6.45) is -0.382. The van der Waals surface area contributed by atoms with Crippen LogP contribution in [-0.4, -0.2) is 22.6 Å². The lowest BCUT2D eigenvalue weighted by Crippen LogP contribution is -2.18. The summed E-state index contributed by atoms with van der Waals surface area (Å²) in [6, 6.07) is 16.1. The van der Waals surface area contributed by atoms with Crippen LogP contribution in [0.1, 0.15) is 45.7 Å². The lowest BCUT2D eigenvalue weighted by Gasteiger charge is -2.21. The molecule has 5 nitrogen and oxygen atoms in total. The van der Waals surface area contributed by atoms with E-state index < -0.39 is 23.2 Å². The average molecular weight is 480 g/mol. The molecule has 0 fully saturated rings. The van der Waals surface area contributed by atoms with Crippen LogP contribution in [0.25, 0.3) is 16.7 Å². The zero-order valence-corrected chi connectivity index (χ0v) is 19.2. The highest BCUT2D eigenvalue weighted by Crippen LogP contribution is 2.34. The Morgan fingerprint density at radius 2 is 1.86 bits per heavy atom. The Hall–Kier alpha value is -3.65. The molecule has 1 aliphatic rings. The van der Waals surface area contributed by atoms with Gasteiger partial charge in [0.1, 0.15) is 12.4 Å². The molecule has 0 atom stereocenters. The van der Waals surface area contributed by atoms with Gasteiger partial charge in [0.25, 0.3) is 5.91 Å². The first-order valence-corrected chi connectivity index (χ1v) is 11.5. The first kappa shape index (κ1) is 23.1. The fourth-order valence-corrected chi connectivity index (χ4v) is 4.80. The lowest BCUT2D eigenvalue weighted by molar-refractivity contribution is -0.137. The van der Waals surface area contributed by atoms with Gasteiger partial charge in [-0.1, -0.05) is 24.3 Å². The Kier molecular flexibility index (Phi) is 6.06. The number of rotatable bonds is 5. The van der Waals surface area contributed by atoms with Gasteiger partial charge in [-0.05, 0) is 73.2 Å². The largest absolute Gasteiger partial charge is 0.417 e. The molecule has 5 rings (SSSR count). The number of nitrogens with zero attached hydrogens (tertiary/aromatic N) is 2. The second kappa shape index (κ2) is 9.19. The maximum atomic E-state index is 13.4. The van der Waals surface area contributed by atoms with Crippen LogP contribution in [0.2, 0.25) is 0 Å². The number of imidazole rings is 1. The smallest absolute Gasteiger partial charge is 0.377 e. The van der Waals surface area contributed by atoms with Gasteiger partial charge in [-0.2, -0.15) is 13.2 Å². The Labute approximate surface area is 200 Å². The summed E-state index contributed by atoms with van der Waals surface area (Å²) in [5.74, 6) is -0.107. The number of halogens is 3. The van der Waals surface area contributed by atoms with E-state index >= 15 is 0 Å². The molecule has 0 spiro atoms. The lowest BCUT2D eigenvalue weighted by atomic mass is 9.90.